The molecular formula is C11H20N4O2. The second-order valence-corrected chi connectivity index (χ2v) is 4.64. The molecule has 1 amide bonds. The predicted octanol–water partition coefficient (Wildman–Crippen LogP) is 0.0190. The zero-order valence-corrected chi connectivity index (χ0v) is 10.7. The molecule has 1 atom stereocenters. The fraction of sp³-hybridized carbons (Fsp3) is 0.636. The van der Waals surface area contributed by atoms with Crippen LogP contribution in [0.1, 0.15) is 24.3 Å². The van der Waals surface area contributed by atoms with E-state index in [1.807, 2.05) is 14.1 Å². The third-order valence-electron chi connectivity index (χ3n) is 2.75. The second-order valence-electron chi connectivity index (χ2n) is 4.64. The molecule has 6 heteroatoms. The molecule has 0 unspecified atom stereocenters. The van der Waals surface area contributed by atoms with Crippen molar-refractivity contribution in [3.63, 3.8) is 0 Å². The minimum absolute atomic E-state index is 0.260. The summed E-state index contributed by atoms with van der Waals surface area (Å²) in [4.78, 5) is 29.4. The van der Waals surface area contributed by atoms with Crippen molar-refractivity contribution in [1.82, 2.24) is 20.2 Å². The fourth-order valence-electron chi connectivity index (χ4n) is 1.76. The first-order valence-corrected chi connectivity index (χ1v) is 5.64. The second kappa shape index (κ2) is 5.67. The number of aromatic nitrogens is 2. The lowest BCUT2D eigenvalue weighted by atomic mass is 10.0. The Balaban J connectivity index is 2.55. The van der Waals surface area contributed by atoms with Crippen LogP contribution in [0, 0.1) is 5.92 Å². The standard InChI is InChI=1S/C11H20N4O2/c1-7(2)9(15(3)4)6-12-10(16)8-5-13-11(17)14-8/h5,7,9H,6H2,1-4H3,(H,12,16)(H2,13,14,17)/t9-/m0/s1. The first-order chi connectivity index (χ1) is 7.91. The number of hydrogen-bond acceptors (Lipinski definition) is 3. The molecule has 1 aromatic heterocycles. The van der Waals surface area contributed by atoms with Crippen molar-refractivity contribution in [3.05, 3.63) is 22.4 Å². The van der Waals surface area contributed by atoms with E-state index in [9.17, 15) is 9.59 Å². The van der Waals surface area contributed by atoms with E-state index in [1.54, 1.807) is 0 Å². The van der Waals surface area contributed by atoms with E-state index in [2.05, 4.69) is 34.0 Å². The van der Waals surface area contributed by atoms with Gasteiger partial charge in [-0.2, -0.15) is 0 Å². The van der Waals surface area contributed by atoms with Gasteiger partial charge in [0.1, 0.15) is 5.69 Å². The average Bonchev–Trinajstić information content (AvgIpc) is 2.63. The molecule has 0 aliphatic rings. The summed E-state index contributed by atoms with van der Waals surface area (Å²) in [5.74, 6) is 0.173. The van der Waals surface area contributed by atoms with E-state index in [0.29, 0.717) is 12.5 Å². The molecule has 96 valence electrons. The van der Waals surface area contributed by atoms with Gasteiger partial charge in [0.25, 0.3) is 5.91 Å². The molecule has 6 nitrogen and oxygen atoms in total. The smallest absolute Gasteiger partial charge is 0.323 e. The summed E-state index contributed by atoms with van der Waals surface area (Å²) in [6, 6.07) is 0.268. The molecule has 0 spiro atoms. The summed E-state index contributed by atoms with van der Waals surface area (Å²) in [6.45, 7) is 4.76. The zero-order valence-electron chi connectivity index (χ0n) is 10.7. The number of carbonyl (C=O) groups is 1. The Hall–Kier alpha value is -1.56. The van der Waals surface area contributed by atoms with Crippen LogP contribution in [0.25, 0.3) is 0 Å². The van der Waals surface area contributed by atoms with Gasteiger partial charge in [-0.3, -0.25) is 4.79 Å². The number of imidazole rings is 1. The topological polar surface area (TPSA) is 81.0 Å². The Labute approximate surface area is 100 Å². The van der Waals surface area contributed by atoms with Gasteiger partial charge in [0, 0.05) is 18.8 Å². The third-order valence-corrected chi connectivity index (χ3v) is 2.75. The SMILES string of the molecule is CC(C)[C@H](CNC(=O)c1c[nH]c(=O)[nH]1)N(C)C. The van der Waals surface area contributed by atoms with Crippen LogP contribution < -0.4 is 11.0 Å². The highest BCUT2D eigenvalue weighted by molar-refractivity contribution is 5.91. The lowest BCUT2D eigenvalue weighted by molar-refractivity contribution is 0.0930. The van der Waals surface area contributed by atoms with Crippen molar-refractivity contribution >= 4 is 5.91 Å². The van der Waals surface area contributed by atoms with Crippen LogP contribution in [0.3, 0.4) is 0 Å². The summed E-state index contributed by atoms with van der Waals surface area (Å²) in [5.41, 5.74) is -0.112. The summed E-state index contributed by atoms with van der Waals surface area (Å²) in [7, 11) is 3.96. The maximum atomic E-state index is 11.7. The van der Waals surface area contributed by atoms with E-state index >= 15 is 0 Å². The maximum Gasteiger partial charge on any atom is 0.323 e. The summed E-state index contributed by atoms with van der Waals surface area (Å²) >= 11 is 0. The lowest BCUT2D eigenvalue weighted by Crippen LogP contribution is -2.43. The quantitative estimate of drug-likeness (QED) is 0.678. The van der Waals surface area contributed by atoms with Gasteiger partial charge in [0.2, 0.25) is 0 Å². The van der Waals surface area contributed by atoms with E-state index in [0.717, 1.165) is 0 Å². The highest BCUT2D eigenvalue weighted by Crippen LogP contribution is 2.06. The van der Waals surface area contributed by atoms with Crippen LogP contribution in [0.5, 0.6) is 0 Å². The Bertz CT molecular complexity index is 411. The number of carbonyl (C=O) groups excluding carboxylic acids is 1. The van der Waals surface area contributed by atoms with Crippen molar-refractivity contribution in [2.75, 3.05) is 20.6 Å². The molecule has 0 aliphatic heterocycles. The van der Waals surface area contributed by atoms with Crippen LogP contribution in [0.2, 0.25) is 0 Å². The van der Waals surface area contributed by atoms with E-state index in [4.69, 9.17) is 0 Å². The molecule has 0 bridgehead atoms. The number of amides is 1. The van der Waals surface area contributed by atoms with Gasteiger partial charge in [-0.1, -0.05) is 13.8 Å². The largest absolute Gasteiger partial charge is 0.349 e. The molecule has 17 heavy (non-hydrogen) atoms. The van der Waals surface area contributed by atoms with Gasteiger partial charge < -0.3 is 20.2 Å². The molecule has 0 radical (unpaired) electrons. The zero-order chi connectivity index (χ0) is 13.0. The van der Waals surface area contributed by atoms with Crippen molar-refractivity contribution in [2.24, 2.45) is 5.92 Å². The van der Waals surface area contributed by atoms with Crippen LogP contribution in [0.4, 0.5) is 0 Å². The number of likely N-dealkylation sites (N-methyl/N-ethyl adjacent to an activating group) is 1. The molecule has 1 heterocycles. The first-order valence-electron chi connectivity index (χ1n) is 5.64. The van der Waals surface area contributed by atoms with Crippen molar-refractivity contribution in [3.8, 4) is 0 Å². The first kappa shape index (κ1) is 13.5. The number of nitrogens with zero attached hydrogens (tertiary/aromatic N) is 1. The van der Waals surface area contributed by atoms with Crippen molar-refractivity contribution < 1.29 is 4.79 Å². The van der Waals surface area contributed by atoms with Gasteiger partial charge in [-0.05, 0) is 20.0 Å². The van der Waals surface area contributed by atoms with Crippen LogP contribution >= 0.6 is 0 Å². The van der Waals surface area contributed by atoms with Crippen LogP contribution in [0.15, 0.2) is 11.0 Å². The number of hydrogen-bond donors (Lipinski definition) is 3. The summed E-state index contributed by atoms with van der Waals surface area (Å²) < 4.78 is 0. The highest BCUT2D eigenvalue weighted by atomic mass is 16.2. The number of aromatic amines is 2. The molecule has 3 N–H and O–H groups in total. The molecule has 1 rings (SSSR count). The minimum atomic E-state index is -0.372. The Kier molecular flexibility index (Phi) is 4.51. The maximum absolute atomic E-state index is 11.7. The van der Waals surface area contributed by atoms with Crippen LogP contribution in [-0.4, -0.2) is 47.5 Å². The summed E-state index contributed by atoms with van der Waals surface area (Å²) in [6.07, 6.45) is 1.37. The van der Waals surface area contributed by atoms with Gasteiger partial charge in [-0.25, -0.2) is 4.79 Å². The average molecular weight is 240 g/mol. The monoisotopic (exact) mass is 240 g/mol. The Morgan fingerprint density at radius 2 is 2.12 bits per heavy atom. The molecule has 0 fully saturated rings. The van der Waals surface area contributed by atoms with Gasteiger partial charge >= 0.3 is 5.69 Å². The lowest BCUT2D eigenvalue weighted by Gasteiger charge is -2.27. The molecule has 0 saturated carbocycles. The van der Waals surface area contributed by atoms with Gasteiger partial charge in [0.05, 0.1) is 0 Å². The molecule has 0 aliphatic carbocycles. The molecular weight excluding hydrogens is 220 g/mol. The highest BCUT2D eigenvalue weighted by Gasteiger charge is 2.17. The molecule has 1 aromatic rings. The molecule has 0 saturated heterocycles. The number of H-pyrrole nitrogens is 2. The predicted molar refractivity (Wildman–Crippen MR) is 66.1 cm³/mol. The minimum Gasteiger partial charge on any atom is -0.349 e. The molecule has 0 aromatic carbocycles. The third kappa shape index (κ3) is 3.74. The Morgan fingerprint density at radius 3 is 2.53 bits per heavy atom. The van der Waals surface area contributed by atoms with Gasteiger partial charge in [0.15, 0.2) is 0 Å². The van der Waals surface area contributed by atoms with E-state index < -0.39 is 0 Å². The number of nitrogens with one attached hydrogen (secondary N) is 3. The van der Waals surface area contributed by atoms with Crippen LogP contribution in [-0.2, 0) is 0 Å². The number of rotatable bonds is 5. The van der Waals surface area contributed by atoms with Crippen molar-refractivity contribution in [2.45, 2.75) is 19.9 Å². The normalized spacial score (nSPS) is 13.1. The van der Waals surface area contributed by atoms with Crippen molar-refractivity contribution in [1.29, 1.82) is 0 Å². The van der Waals surface area contributed by atoms with Gasteiger partial charge in [-0.15, -0.1) is 0 Å². The van der Waals surface area contributed by atoms with E-state index in [1.165, 1.54) is 6.20 Å². The fourth-order valence-corrected chi connectivity index (χ4v) is 1.76. The Morgan fingerprint density at radius 1 is 1.47 bits per heavy atom. The summed E-state index contributed by atoms with van der Waals surface area (Å²) in [5, 5.41) is 2.80. The van der Waals surface area contributed by atoms with E-state index in [-0.39, 0.29) is 23.3 Å².